The van der Waals surface area contributed by atoms with Gasteiger partial charge in [0, 0.05) is 31.9 Å². The van der Waals surface area contributed by atoms with Crippen LogP contribution in [0, 0.1) is 0 Å². The monoisotopic (exact) mass is 221 g/mol. The fraction of sp³-hybridized carbons (Fsp3) is 0.583. The minimum Gasteiger partial charge on any atom is -0.394 e. The number of aliphatic hydroxyl groups excluding tert-OH is 1. The van der Waals surface area contributed by atoms with Gasteiger partial charge in [0.1, 0.15) is 5.82 Å². The lowest BCUT2D eigenvalue weighted by atomic mass is 10.1. The van der Waals surface area contributed by atoms with Crippen LogP contribution in [0.4, 0.5) is 5.82 Å². The molecule has 16 heavy (non-hydrogen) atoms. The number of aliphatic hydroxyl groups is 1. The third kappa shape index (κ3) is 2.18. The van der Waals surface area contributed by atoms with Crippen LogP contribution in [0.15, 0.2) is 18.3 Å². The summed E-state index contributed by atoms with van der Waals surface area (Å²) in [6.45, 7) is 2.11. The molecule has 1 aromatic heterocycles. The minimum atomic E-state index is 0.163. The number of hydrogen-bond acceptors (Lipinski definition) is 4. The summed E-state index contributed by atoms with van der Waals surface area (Å²) in [6, 6.07) is 4.24. The van der Waals surface area contributed by atoms with Crippen LogP contribution in [0.3, 0.4) is 0 Å². The fourth-order valence-electron chi connectivity index (χ4n) is 2.19. The fourth-order valence-corrected chi connectivity index (χ4v) is 2.19. The second-order valence-electron chi connectivity index (χ2n) is 4.46. The van der Waals surface area contributed by atoms with E-state index in [1.54, 1.807) is 0 Å². The number of hydrogen-bond donors (Lipinski definition) is 1. The number of rotatable bonds is 1. The summed E-state index contributed by atoms with van der Waals surface area (Å²) in [4.78, 5) is 8.80. The highest BCUT2D eigenvalue weighted by Gasteiger charge is 2.21. The van der Waals surface area contributed by atoms with Crippen molar-refractivity contribution in [1.29, 1.82) is 0 Å². The number of nitrogens with zero attached hydrogens (tertiary/aromatic N) is 3. The van der Waals surface area contributed by atoms with E-state index in [2.05, 4.69) is 27.9 Å². The van der Waals surface area contributed by atoms with Gasteiger partial charge in [0.15, 0.2) is 0 Å². The van der Waals surface area contributed by atoms with E-state index in [4.69, 9.17) is 0 Å². The van der Waals surface area contributed by atoms with Crippen LogP contribution in [0.5, 0.6) is 0 Å². The van der Waals surface area contributed by atoms with Gasteiger partial charge in [-0.3, -0.25) is 0 Å². The van der Waals surface area contributed by atoms with Gasteiger partial charge in [0.2, 0.25) is 0 Å². The van der Waals surface area contributed by atoms with Crippen LogP contribution in [0.1, 0.15) is 12.0 Å². The Hall–Kier alpha value is -1.13. The zero-order valence-electron chi connectivity index (χ0n) is 9.93. The predicted octanol–water partition coefficient (Wildman–Crippen LogP) is 0.714. The zero-order chi connectivity index (χ0) is 11.5. The van der Waals surface area contributed by atoms with Gasteiger partial charge in [-0.1, -0.05) is 6.07 Å². The number of pyridine rings is 1. The van der Waals surface area contributed by atoms with Crippen molar-refractivity contribution >= 4 is 5.82 Å². The molecular formula is C12H19N3O. The third-order valence-electron chi connectivity index (χ3n) is 3.24. The highest BCUT2D eigenvalue weighted by Crippen LogP contribution is 2.23. The molecule has 0 saturated carbocycles. The summed E-state index contributed by atoms with van der Waals surface area (Å²) in [7, 11) is 4.12. The van der Waals surface area contributed by atoms with E-state index in [1.165, 1.54) is 5.56 Å². The molecule has 1 atom stereocenters. The average molecular weight is 221 g/mol. The Bertz CT molecular complexity index is 356. The maximum absolute atomic E-state index is 9.40. The van der Waals surface area contributed by atoms with Gasteiger partial charge in [-0.05, 0) is 19.5 Å². The predicted molar refractivity (Wildman–Crippen MR) is 64.5 cm³/mol. The molecule has 1 N–H and O–H groups in total. The molecule has 0 amide bonds. The smallest absolute Gasteiger partial charge is 0.133 e. The second kappa shape index (κ2) is 4.80. The normalized spacial score (nSPS) is 22.4. The van der Waals surface area contributed by atoms with Crippen molar-refractivity contribution in [3.05, 3.63) is 23.9 Å². The van der Waals surface area contributed by atoms with Crippen molar-refractivity contribution < 1.29 is 5.11 Å². The summed E-state index contributed by atoms with van der Waals surface area (Å²) >= 11 is 0. The minimum absolute atomic E-state index is 0.163. The zero-order valence-corrected chi connectivity index (χ0v) is 9.93. The number of likely N-dealkylation sites (N-methyl/N-ethyl adjacent to an activating group) is 1. The van der Waals surface area contributed by atoms with Crippen molar-refractivity contribution in [3.8, 4) is 0 Å². The first kappa shape index (κ1) is 11.4. The van der Waals surface area contributed by atoms with Crippen molar-refractivity contribution in [2.75, 3.05) is 32.1 Å². The largest absolute Gasteiger partial charge is 0.394 e. The first-order chi connectivity index (χ1) is 7.72. The molecule has 0 aliphatic carbocycles. The maximum Gasteiger partial charge on any atom is 0.133 e. The molecule has 0 spiro atoms. The highest BCUT2D eigenvalue weighted by atomic mass is 16.3. The molecule has 0 fully saturated rings. The van der Waals surface area contributed by atoms with Gasteiger partial charge in [0.25, 0.3) is 0 Å². The Kier molecular flexibility index (Phi) is 3.41. The first-order valence-electron chi connectivity index (χ1n) is 5.68. The van der Waals surface area contributed by atoms with Crippen molar-refractivity contribution in [3.63, 3.8) is 0 Å². The molecule has 1 aromatic rings. The van der Waals surface area contributed by atoms with E-state index in [-0.39, 0.29) is 12.6 Å². The number of fused-ring (bicyclic) bond motifs is 1. The van der Waals surface area contributed by atoms with Gasteiger partial charge >= 0.3 is 0 Å². The molecule has 0 saturated heterocycles. The Morgan fingerprint density at radius 3 is 3.06 bits per heavy atom. The molecular weight excluding hydrogens is 202 g/mol. The van der Waals surface area contributed by atoms with Gasteiger partial charge in [0.05, 0.1) is 12.6 Å². The molecule has 2 rings (SSSR count). The third-order valence-corrected chi connectivity index (χ3v) is 3.24. The standard InChI is InChI=1S/C12H19N3O/c1-14-7-5-11(9-16)15(2)12-10(8-14)4-3-6-13-12/h3-4,6,11,16H,5,7-9H2,1-2H3/t11-/m0/s1. The van der Waals surface area contributed by atoms with Crippen LogP contribution in [-0.4, -0.2) is 48.3 Å². The van der Waals surface area contributed by atoms with Crippen LogP contribution < -0.4 is 4.90 Å². The van der Waals surface area contributed by atoms with Crippen LogP contribution >= 0.6 is 0 Å². The molecule has 4 heteroatoms. The molecule has 0 aromatic carbocycles. The molecule has 4 nitrogen and oxygen atoms in total. The molecule has 1 aliphatic heterocycles. The molecule has 2 heterocycles. The summed E-state index contributed by atoms with van der Waals surface area (Å²) in [5, 5.41) is 9.40. The van der Waals surface area contributed by atoms with Crippen molar-refractivity contribution in [2.45, 2.75) is 19.0 Å². The van der Waals surface area contributed by atoms with Crippen molar-refractivity contribution in [2.24, 2.45) is 0 Å². The van der Waals surface area contributed by atoms with Gasteiger partial charge in [-0.2, -0.15) is 0 Å². The quantitative estimate of drug-likeness (QED) is 0.758. The Balaban J connectivity index is 2.35. The lowest BCUT2D eigenvalue weighted by molar-refractivity contribution is 0.229. The van der Waals surface area contributed by atoms with Crippen LogP contribution in [0.2, 0.25) is 0 Å². The number of anilines is 1. The lowest BCUT2D eigenvalue weighted by Gasteiger charge is -2.34. The second-order valence-corrected chi connectivity index (χ2v) is 4.46. The van der Waals surface area contributed by atoms with E-state index in [9.17, 15) is 5.11 Å². The van der Waals surface area contributed by atoms with Crippen molar-refractivity contribution in [1.82, 2.24) is 9.88 Å². The van der Waals surface area contributed by atoms with E-state index in [1.807, 2.05) is 19.3 Å². The van der Waals surface area contributed by atoms with E-state index < -0.39 is 0 Å². The van der Waals surface area contributed by atoms with E-state index in [0.717, 1.165) is 25.3 Å². The topological polar surface area (TPSA) is 39.6 Å². The summed E-state index contributed by atoms with van der Waals surface area (Å²) in [5.41, 5.74) is 1.23. The molecule has 0 radical (unpaired) electrons. The SMILES string of the molecule is CN1CC[C@@H](CO)N(C)c2ncccc2C1. The Morgan fingerprint density at radius 2 is 2.31 bits per heavy atom. The summed E-state index contributed by atoms with van der Waals surface area (Å²) in [5.74, 6) is 0.994. The first-order valence-corrected chi connectivity index (χ1v) is 5.68. The average Bonchev–Trinajstić information content (AvgIpc) is 2.28. The summed E-state index contributed by atoms with van der Waals surface area (Å²) < 4.78 is 0. The highest BCUT2D eigenvalue weighted by molar-refractivity contribution is 5.47. The van der Waals surface area contributed by atoms with E-state index in [0.29, 0.717) is 0 Å². The molecule has 1 aliphatic rings. The molecule has 88 valence electrons. The van der Waals surface area contributed by atoms with Crippen LogP contribution in [-0.2, 0) is 6.54 Å². The van der Waals surface area contributed by atoms with Gasteiger partial charge < -0.3 is 14.9 Å². The molecule has 0 unspecified atom stereocenters. The van der Waals surface area contributed by atoms with E-state index >= 15 is 0 Å². The van der Waals surface area contributed by atoms with Gasteiger partial charge in [-0.25, -0.2) is 4.98 Å². The lowest BCUT2D eigenvalue weighted by Crippen LogP contribution is -2.40. The van der Waals surface area contributed by atoms with Gasteiger partial charge in [-0.15, -0.1) is 0 Å². The Morgan fingerprint density at radius 1 is 1.50 bits per heavy atom. The summed E-state index contributed by atoms with van der Waals surface area (Å²) in [6.07, 6.45) is 2.78. The molecule has 0 bridgehead atoms. The Labute approximate surface area is 96.5 Å². The number of aromatic nitrogens is 1. The van der Waals surface area contributed by atoms with Crippen LogP contribution in [0.25, 0.3) is 0 Å². The maximum atomic E-state index is 9.40.